The molecule has 0 fully saturated rings. The summed E-state index contributed by atoms with van der Waals surface area (Å²) in [6.45, 7) is 0. The van der Waals surface area contributed by atoms with E-state index in [9.17, 15) is 4.79 Å². The summed E-state index contributed by atoms with van der Waals surface area (Å²) < 4.78 is 20.6. The third-order valence-corrected chi connectivity index (χ3v) is 9.28. The first-order chi connectivity index (χ1) is 18.9. The lowest BCUT2D eigenvalue weighted by molar-refractivity contribution is 0.354. The van der Waals surface area contributed by atoms with Crippen LogP contribution in [0, 0.1) is 0 Å². The van der Waals surface area contributed by atoms with Gasteiger partial charge in [0.15, 0.2) is 16.3 Å². The average Bonchev–Trinajstić information content (AvgIpc) is 3.25. The van der Waals surface area contributed by atoms with Gasteiger partial charge >= 0.3 is 0 Å². The van der Waals surface area contributed by atoms with Gasteiger partial charge in [0, 0.05) is 5.56 Å². The second-order valence-electron chi connectivity index (χ2n) is 9.25. The molecule has 0 unspecified atom stereocenters. The maximum atomic E-state index is 14.0. The van der Waals surface area contributed by atoms with E-state index in [1.807, 2.05) is 47.0 Å². The van der Waals surface area contributed by atoms with Gasteiger partial charge in [0.2, 0.25) is 0 Å². The Morgan fingerprint density at radius 2 is 1.69 bits per heavy atom. The second-order valence-corrected chi connectivity index (χ2v) is 12.0. The van der Waals surface area contributed by atoms with E-state index in [-0.39, 0.29) is 11.6 Å². The molecule has 0 saturated carbocycles. The largest absolute Gasteiger partial charge is 0.494 e. The number of halogens is 2. The van der Waals surface area contributed by atoms with Crippen LogP contribution in [0.15, 0.2) is 78.9 Å². The third-order valence-electron chi connectivity index (χ3n) is 7.12. The number of benzene rings is 3. The van der Waals surface area contributed by atoms with Crippen molar-refractivity contribution in [1.29, 1.82) is 0 Å². The van der Waals surface area contributed by atoms with Crippen LogP contribution in [0.5, 0.6) is 17.2 Å². The van der Waals surface area contributed by atoms with Crippen molar-refractivity contribution < 1.29 is 14.2 Å². The highest BCUT2D eigenvalue weighted by Crippen LogP contribution is 2.43. The minimum Gasteiger partial charge on any atom is -0.494 e. The number of methoxy groups -OCH3 is 3. The van der Waals surface area contributed by atoms with E-state index < -0.39 is 0 Å². The van der Waals surface area contributed by atoms with Gasteiger partial charge in [-0.3, -0.25) is 9.36 Å². The van der Waals surface area contributed by atoms with E-state index in [0.29, 0.717) is 26.6 Å². The molecular weight excluding hydrogens is 644 g/mol. The molecule has 1 aromatic heterocycles. The molecule has 6 nitrogen and oxygen atoms in total. The molecule has 3 aromatic carbocycles. The van der Waals surface area contributed by atoms with Crippen LogP contribution in [0.25, 0.3) is 11.8 Å². The van der Waals surface area contributed by atoms with Crippen LogP contribution < -0.4 is 29.1 Å². The van der Waals surface area contributed by atoms with Gasteiger partial charge in [0.1, 0.15) is 5.75 Å². The van der Waals surface area contributed by atoms with Crippen molar-refractivity contribution in [3.63, 3.8) is 0 Å². The van der Waals surface area contributed by atoms with Crippen molar-refractivity contribution in [3.05, 3.63) is 111 Å². The molecule has 2 aliphatic rings. The molecule has 1 atom stereocenters. The van der Waals surface area contributed by atoms with Crippen LogP contribution in [0.1, 0.15) is 34.7 Å². The fourth-order valence-corrected chi connectivity index (χ4v) is 7.90. The zero-order valence-corrected chi connectivity index (χ0v) is 25.4. The van der Waals surface area contributed by atoms with Crippen molar-refractivity contribution in [1.82, 2.24) is 4.57 Å². The maximum Gasteiger partial charge on any atom is 0.271 e. The number of hydrogen-bond donors (Lipinski definition) is 0. The normalized spacial score (nSPS) is 16.2. The van der Waals surface area contributed by atoms with Gasteiger partial charge in [-0.25, -0.2) is 4.99 Å². The summed E-state index contributed by atoms with van der Waals surface area (Å²) >= 11 is 8.54. The molecule has 0 spiro atoms. The molecule has 0 N–H and O–H groups in total. The summed E-state index contributed by atoms with van der Waals surface area (Å²) in [5.74, 6) is 1.97. The topological polar surface area (TPSA) is 62.0 Å². The summed E-state index contributed by atoms with van der Waals surface area (Å²) in [6, 6.07) is 17.8. The summed E-state index contributed by atoms with van der Waals surface area (Å²) in [4.78, 5) is 19.8. The highest BCUT2D eigenvalue weighted by Gasteiger charge is 2.33. The lowest BCUT2D eigenvalue weighted by Gasteiger charge is -2.31. The Labute approximate surface area is 246 Å². The van der Waals surface area contributed by atoms with Crippen molar-refractivity contribution >= 4 is 55.0 Å². The minimum absolute atomic E-state index is 0.0768. The number of rotatable bonds is 5. The number of aromatic nitrogens is 1. The fourth-order valence-electron chi connectivity index (χ4n) is 5.35. The number of hydrogen-bond acceptors (Lipinski definition) is 6. The number of allylic oxidation sites excluding steroid dienone is 1. The van der Waals surface area contributed by atoms with Crippen molar-refractivity contribution in [2.75, 3.05) is 21.3 Å². The number of thiazole rings is 1. The molecule has 6 rings (SSSR count). The lowest BCUT2D eigenvalue weighted by atomic mass is 9.83. The first-order valence-electron chi connectivity index (χ1n) is 12.3. The maximum absolute atomic E-state index is 14.0. The van der Waals surface area contributed by atoms with Crippen LogP contribution in [0.2, 0.25) is 0 Å². The first kappa shape index (κ1) is 26.1. The smallest absolute Gasteiger partial charge is 0.271 e. The van der Waals surface area contributed by atoms with Gasteiger partial charge in [0.05, 0.1) is 46.5 Å². The molecule has 4 aromatic rings. The van der Waals surface area contributed by atoms with Crippen LogP contribution >= 0.6 is 43.2 Å². The molecule has 198 valence electrons. The standard InChI is InChI=1S/C30H24Br2N2O4S/c1-36-23-11-9-18(15-24(23)37-2)27-20-10-8-17-6-4-5-7-19(17)26(20)33-30-34(27)29(35)25(39-30)14-16-12-21(31)28(38-3)22(32)13-16/h4-7,9,11-15,27H,8,10H2,1-3H3/b25-14-/t27-/m0/s1. The Morgan fingerprint density at radius 1 is 0.949 bits per heavy atom. The van der Waals surface area contributed by atoms with E-state index in [1.165, 1.54) is 16.9 Å². The lowest BCUT2D eigenvalue weighted by Crippen LogP contribution is -2.38. The van der Waals surface area contributed by atoms with Gasteiger partial charge in [-0.05, 0) is 97.3 Å². The molecule has 1 aliphatic carbocycles. The molecule has 2 heterocycles. The first-order valence-corrected chi connectivity index (χ1v) is 14.7. The Hall–Kier alpha value is -3.14. The Bertz CT molecular complexity index is 1820. The van der Waals surface area contributed by atoms with Crippen molar-refractivity contribution in [3.8, 4) is 17.2 Å². The highest BCUT2D eigenvalue weighted by atomic mass is 79.9. The SMILES string of the molecule is COc1ccc([C@H]2C3=C(N=c4s/c(=C\c5cc(Br)c(OC)c(Br)c5)c(=O)n42)c2ccccc2CC3)cc1OC. The molecule has 0 amide bonds. The van der Waals surface area contributed by atoms with E-state index in [0.717, 1.165) is 49.7 Å². The van der Waals surface area contributed by atoms with Crippen molar-refractivity contribution in [2.24, 2.45) is 4.99 Å². The number of fused-ring (bicyclic) bond motifs is 3. The minimum atomic E-state index is -0.305. The molecule has 0 bridgehead atoms. The van der Waals surface area contributed by atoms with Gasteiger partial charge < -0.3 is 14.2 Å². The number of nitrogens with zero attached hydrogens (tertiary/aromatic N) is 2. The predicted octanol–water partition coefficient (Wildman–Crippen LogP) is 5.87. The Morgan fingerprint density at radius 3 is 2.41 bits per heavy atom. The van der Waals surface area contributed by atoms with Gasteiger partial charge in [-0.1, -0.05) is 41.7 Å². The molecule has 0 saturated heterocycles. The summed E-state index contributed by atoms with van der Waals surface area (Å²) in [7, 11) is 4.87. The van der Waals surface area contributed by atoms with Gasteiger partial charge in [-0.2, -0.15) is 0 Å². The van der Waals surface area contributed by atoms with Gasteiger partial charge in [0.25, 0.3) is 5.56 Å². The number of ether oxygens (including phenoxy) is 3. The van der Waals surface area contributed by atoms with Crippen LogP contribution in [-0.4, -0.2) is 25.9 Å². The highest BCUT2D eigenvalue weighted by molar-refractivity contribution is 9.11. The monoisotopic (exact) mass is 666 g/mol. The predicted molar refractivity (Wildman–Crippen MR) is 161 cm³/mol. The van der Waals surface area contributed by atoms with E-state index in [4.69, 9.17) is 19.2 Å². The summed E-state index contributed by atoms with van der Waals surface area (Å²) in [6.07, 6.45) is 3.62. The quantitative estimate of drug-likeness (QED) is 0.267. The molecule has 0 radical (unpaired) electrons. The Kier molecular flexibility index (Phi) is 6.99. The average molecular weight is 668 g/mol. The molecule has 1 aliphatic heterocycles. The fraction of sp³-hybridized carbons (Fsp3) is 0.200. The second kappa shape index (κ2) is 10.4. The van der Waals surface area contributed by atoms with Gasteiger partial charge in [-0.15, -0.1) is 0 Å². The van der Waals surface area contributed by atoms with E-state index in [2.05, 4.69) is 50.1 Å². The van der Waals surface area contributed by atoms with E-state index in [1.54, 1.807) is 21.3 Å². The Balaban J connectivity index is 1.60. The van der Waals surface area contributed by atoms with Crippen LogP contribution in [0.3, 0.4) is 0 Å². The molecular formula is C30H24Br2N2O4S. The molecule has 9 heteroatoms. The zero-order chi connectivity index (χ0) is 27.3. The van der Waals surface area contributed by atoms with Crippen LogP contribution in [-0.2, 0) is 6.42 Å². The zero-order valence-electron chi connectivity index (χ0n) is 21.5. The van der Waals surface area contributed by atoms with Crippen LogP contribution in [0.4, 0.5) is 0 Å². The van der Waals surface area contributed by atoms with E-state index >= 15 is 0 Å². The molecule has 39 heavy (non-hydrogen) atoms. The summed E-state index contributed by atoms with van der Waals surface area (Å²) in [5, 5.41) is 0. The van der Waals surface area contributed by atoms with Crippen molar-refractivity contribution in [2.45, 2.75) is 18.9 Å². The summed E-state index contributed by atoms with van der Waals surface area (Å²) in [5.41, 5.74) is 6.25. The third kappa shape index (κ3) is 4.46. The number of aryl methyl sites for hydroxylation is 1.